The van der Waals surface area contributed by atoms with E-state index in [2.05, 4.69) is 0 Å². The molecule has 2 aromatic rings. The Hall–Kier alpha value is -2.62. The lowest BCUT2D eigenvalue weighted by Crippen LogP contribution is -2.48. The van der Waals surface area contributed by atoms with E-state index in [1.54, 1.807) is 0 Å². The molecular weight excluding hydrogens is 326 g/mol. The van der Waals surface area contributed by atoms with E-state index < -0.39 is 5.41 Å². The second kappa shape index (κ2) is 8.17. The van der Waals surface area contributed by atoms with Crippen LogP contribution in [0.3, 0.4) is 0 Å². The number of piperidine rings is 1. The van der Waals surface area contributed by atoms with Gasteiger partial charge in [-0.2, -0.15) is 0 Å². The monoisotopic (exact) mass is 351 g/mol. The molecule has 0 aliphatic carbocycles. The van der Waals surface area contributed by atoms with Crippen molar-refractivity contribution in [2.24, 2.45) is 5.41 Å². The van der Waals surface area contributed by atoms with Crippen molar-refractivity contribution in [3.05, 3.63) is 71.8 Å². The highest BCUT2D eigenvalue weighted by Gasteiger charge is 2.43. The second-order valence-electron chi connectivity index (χ2n) is 6.82. The third-order valence-corrected chi connectivity index (χ3v) is 5.12. The van der Waals surface area contributed by atoms with Crippen LogP contribution in [0.15, 0.2) is 60.7 Å². The molecule has 1 fully saturated rings. The third-order valence-electron chi connectivity index (χ3n) is 5.12. The van der Waals surface area contributed by atoms with Gasteiger partial charge in [0.1, 0.15) is 0 Å². The average molecular weight is 351 g/mol. The number of hydrogen-bond acceptors (Lipinski definition) is 3. The lowest BCUT2D eigenvalue weighted by Gasteiger charge is -2.40. The lowest BCUT2D eigenvalue weighted by atomic mass is 9.73. The molecule has 136 valence electrons. The molecule has 3 rings (SSSR count). The SMILES string of the molecule is CCOC(=O)C1(Cc2ccccc2)CCN(C(=O)c2ccccc2)CC1. The number of carbonyl (C=O) groups excluding carboxylic acids is 2. The van der Waals surface area contributed by atoms with Crippen LogP contribution in [0.5, 0.6) is 0 Å². The topological polar surface area (TPSA) is 46.6 Å². The Morgan fingerprint density at radius 1 is 0.962 bits per heavy atom. The largest absolute Gasteiger partial charge is 0.466 e. The quantitative estimate of drug-likeness (QED) is 0.772. The van der Waals surface area contributed by atoms with Gasteiger partial charge in [-0.25, -0.2) is 0 Å². The number of likely N-dealkylation sites (tertiary alicyclic amines) is 1. The number of ether oxygens (including phenoxy) is 1. The summed E-state index contributed by atoms with van der Waals surface area (Å²) in [5, 5.41) is 0. The first-order valence-electron chi connectivity index (χ1n) is 9.20. The van der Waals surface area contributed by atoms with Gasteiger partial charge in [0.15, 0.2) is 0 Å². The van der Waals surface area contributed by atoms with Gasteiger partial charge in [-0.1, -0.05) is 48.5 Å². The average Bonchev–Trinajstić information content (AvgIpc) is 2.69. The van der Waals surface area contributed by atoms with Crippen LogP contribution in [0.25, 0.3) is 0 Å². The van der Waals surface area contributed by atoms with Crippen molar-refractivity contribution in [3.8, 4) is 0 Å². The van der Waals surface area contributed by atoms with Gasteiger partial charge in [0.05, 0.1) is 12.0 Å². The van der Waals surface area contributed by atoms with Crippen LogP contribution in [-0.2, 0) is 16.0 Å². The van der Waals surface area contributed by atoms with E-state index in [-0.39, 0.29) is 11.9 Å². The van der Waals surface area contributed by atoms with Crippen LogP contribution in [0.2, 0.25) is 0 Å². The summed E-state index contributed by atoms with van der Waals surface area (Å²) < 4.78 is 5.39. The van der Waals surface area contributed by atoms with Crippen molar-refractivity contribution in [3.63, 3.8) is 0 Å². The standard InChI is InChI=1S/C22H25NO3/c1-2-26-21(25)22(17-18-9-5-3-6-10-18)13-15-23(16-14-22)20(24)19-11-7-4-8-12-19/h3-12H,2,13-17H2,1H3. The summed E-state index contributed by atoms with van der Waals surface area (Å²) in [7, 11) is 0. The molecule has 0 saturated carbocycles. The maximum Gasteiger partial charge on any atom is 0.312 e. The molecule has 0 spiro atoms. The molecule has 0 N–H and O–H groups in total. The van der Waals surface area contributed by atoms with Crippen LogP contribution in [0.1, 0.15) is 35.7 Å². The van der Waals surface area contributed by atoms with Crippen molar-refractivity contribution < 1.29 is 14.3 Å². The number of esters is 1. The molecule has 0 unspecified atom stereocenters. The van der Waals surface area contributed by atoms with Crippen LogP contribution in [-0.4, -0.2) is 36.5 Å². The van der Waals surface area contributed by atoms with Gasteiger partial charge in [0.25, 0.3) is 5.91 Å². The Morgan fingerprint density at radius 3 is 2.12 bits per heavy atom. The molecule has 0 radical (unpaired) electrons. The molecule has 1 aliphatic heterocycles. The van der Waals surface area contributed by atoms with E-state index in [1.165, 1.54) is 0 Å². The molecule has 1 saturated heterocycles. The molecule has 0 bridgehead atoms. The molecule has 4 heteroatoms. The van der Waals surface area contributed by atoms with E-state index in [9.17, 15) is 9.59 Å². The summed E-state index contributed by atoms with van der Waals surface area (Å²) in [6.45, 7) is 3.35. The lowest BCUT2D eigenvalue weighted by molar-refractivity contribution is -0.158. The number of benzene rings is 2. The maximum atomic E-state index is 12.7. The van der Waals surface area contributed by atoms with Gasteiger partial charge in [-0.05, 0) is 43.9 Å². The van der Waals surface area contributed by atoms with Gasteiger partial charge in [-0.15, -0.1) is 0 Å². The fourth-order valence-electron chi connectivity index (χ4n) is 3.63. The smallest absolute Gasteiger partial charge is 0.312 e. The molecule has 1 amide bonds. The van der Waals surface area contributed by atoms with Crippen molar-refractivity contribution in [2.45, 2.75) is 26.2 Å². The molecule has 26 heavy (non-hydrogen) atoms. The van der Waals surface area contributed by atoms with E-state index in [4.69, 9.17) is 4.74 Å². The predicted molar refractivity (Wildman–Crippen MR) is 101 cm³/mol. The molecule has 0 aromatic heterocycles. The minimum absolute atomic E-state index is 0.0303. The fraction of sp³-hybridized carbons (Fsp3) is 0.364. The molecule has 1 aliphatic rings. The number of amides is 1. The van der Waals surface area contributed by atoms with Gasteiger partial charge in [-0.3, -0.25) is 9.59 Å². The predicted octanol–water partition coefficient (Wildman–Crippen LogP) is 3.71. The molecule has 2 aromatic carbocycles. The van der Waals surface area contributed by atoms with Crippen molar-refractivity contribution in [2.75, 3.05) is 19.7 Å². The minimum Gasteiger partial charge on any atom is -0.466 e. The summed E-state index contributed by atoms with van der Waals surface area (Å²) in [5.41, 5.74) is 1.27. The van der Waals surface area contributed by atoms with E-state index in [0.29, 0.717) is 44.5 Å². The highest BCUT2D eigenvalue weighted by Crippen LogP contribution is 2.37. The Bertz CT molecular complexity index is 734. The van der Waals surface area contributed by atoms with E-state index in [0.717, 1.165) is 5.56 Å². The molecule has 1 heterocycles. The maximum absolute atomic E-state index is 12.7. The first kappa shape index (κ1) is 18.2. The third kappa shape index (κ3) is 3.96. The Labute approximate surface area is 154 Å². The van der Waals surface area contributed by atoms with Crippen molar-refractivity contribution in [1.82, 2.24) is 4.90 Å². The highest BCUT2D eigenvalue weighted by atomic mass is 16.5. The zero-order valence-corrected chi connectivity index (χ0v) is 15.2. The van der Waals surface area contributed by atoms with Crippen molar-refractivity contribution >= 4 is 11.9 Å². The van der Waals surface area contributed by atoms with Crippen LogP contribution < -0.4 is 0 Å². The highest BCUT2D eigenvalue weighted by molar-refractivity contribution is 5.94. The fourth-order valence-corrected chi connectivity index (χ4v) is 3.63. The van der Waals surface area contributed by atoms with Crippen LogP contribution >= 0.6 is 0 Å². The first-order valence-corrected chi connectivity index (χ1v) is 9.20. The van der Waals surface area contributed by atoms with Crippen LogP contribution in [0.4, 0.5) is 0 Å². The second-order valence-corrected chi connectivity index (χ2v) is 6.82. The Kier molecular flexibility index (Phi) is 5.71. The number of nitrogens with zero attached hydrogens (tertiary/aromatic N) is 1. The summed E-state index contributed by atoms with van der Waals surface area (Å²) in [6, 6.07) is 19.3. The zero-order chi connectivity index (χ0) is 18.4. The van der Waals surface area contributed by atoms with Crippen LogP contribution in [0, 0.1) is 5.41 Å². The number of carbonyl (C=O) groups is 2. The van der Waals surface area contributed by atoms with E-state index in [1.807, 2.05) is 72.5 Å². The van der Waals surface area contributed by atoms with Gasteiger partial charge in [0, 0.05) is 18.7 Å². The summed E-state index contributed by atoms with van der Waals surface area (Å²) >= 11 is 0. The molecule has 0 atom stereocenters. The van der Waals surface area contributed by atoms with E-state index >= 15 is 0 Å². The Balaban J connectivity index is 1.74. The summed E-state index contributed by atoms with van der Waals surface area (Å²) in [5.74, 6) is -0.113. The van der Waals surface area contributed by atoms with Gasteiger partial charge >= 0.3 is 5.97 Å². The first-order chi connectivity index (χ1) is 12.6. The number of hydrogen-bond donors (Lipinski definition) is 0. The summed E-state index contributed by atoms with van der Waals surface area (Å²) in [6.07, 6.45) is 1.90. The Morgan fingerprint density at radius 2 is 1.54 bits per heavy atom. The zero-order valence-electron chi connectivity index (χ0n) is 15.2. The molecule has 4 nitrogen and oxygen atoms in total. The van der Waals surface area contributed by atoms with Crippen molar-refractivity contribution in [1.29, 1.82) is 0 Å². The minimum atomic E-state index is -0.551. The summed E-state index contributed by atoms with van der Waals surface area (Å²) in [4.78, 5) is 27.3. The molecular formula is C22H25NO3. The number of rotatable bonds is 5. The normalized spacial score (nSPS) is 16.1. The van der Waals surface area contributed by atoms with Gasteiger partial charge in [0.2, 0.25) is 0 Å². The van der Waals surface area contributed by atoms with Gasteiger partial charge < -0.3 is 9.64 Å².